The highest BCUT2D eigenvalue weighted by Crippen LogP contribution is 2.43. The summed E-state index contributed by atoms with van der Waals surface area (Å²) in [5.41, 5.74) is 10.9. The Morgan fingerprint density at radius 2 is 0.945 bits per heavy atom. The van der Waals surface area contributed by atoms with Crippen molar-refractivity contribution in [2.24, 2.45) is 0 Å². The summed E-state index contributed by atoms with van der Waals surface area (Å²) in [5.74, 6) is 0. The summed E-state index contributed by atoms with van der Waals surface area (Å²) in [6, 6.07) is 67.9. The second-order valence-corrected chi connectivity index (χ2v) is 14.5. The van der Waals surface area contributed by atoms with Crippen LogP contribution >= 0.6 is 0 Å². The van der Waals surface area contributed by atoms with E-state index in [4.69, 9.17) is 9.97 Å². The van der Waals surface area contributed by atoms with Crippen molar-refractivity contribution >= 4 is 86.8 Å². The smallest absolute Gasteiger partial charge is 0.0794 e. The van der Waals surface area contributed by atoms with Crippen LogP contribution < -0.4 is 0 Å². The molecule has 0 unspecified atom stereocenters. The summed E-state index contributed by atoms with van der Waals surface area (Å²) in [4.78, 5) is 10.9. The van der Waals surface area contributed by atoms with Crippen molar-refractivity contribution in [2.45, 2.75) is 0 Å². The quantitative estimate of drug-likeness (QED) is 0.136. The van der Waals surface area contributed by atoms with Gasteiger partial charge in [0.2, 0.25) is 0 Å². The van der Waals surface area contributed by atoms with E-state index in [1.54, 1.807) is 0 Å². The highest BCUT2D eigenvalue weighted by atomic mass is 15.0. The molecule has 0 spiro atoms. The number of aromatic nitrogens is 3. The third-order valence-corrected chi connectivity index (χ3v) is 11.5. The van der Waals surface area contributed by atoms with E-state index in [1.807, 2.05) is 0 Å². The zero-order valence-electron chi connectivity index (χ0n) is 29.7. The molecule has 0 amide bonds. The number of hydrogen-bond acceptors (Lipinski definition) is 2. The predicted molar refractivity (Wildman–Crippen MR) is 232 cm³/mol. The Kier molecular flexibility index (Phi) is 6.34. The zero-order chi connectivity index (χ0) is 36.0. The van der Waals surface area contributed by atoms with Gasteiger partial charge >= 0.3 is 0 Å². The van der Waals surface area contributed by atoms with E-state index in [-0.39, 0.29) is 0 Å². The number of rotatable bonds is 3. The van der Waals surface area contributed by atoms with Crippen LogP contribution in [0, 0.1) is 0 Å². The minimum absolute atomic E-state index is 0.979. The maximum Gasteiger partial charge on any atom is 0.0794 e. The lowest BCUT2D eigenvalue weighted by Gasteiger charge is -2.16. The third-order valence-electron chi connectivity index (χ3n) is 11.5. The topological polar surface area (TPSA) is 30.7 Å². The highest BCUT2D eigenvalue weighted by molar-refractivity contribution is 6.23. The molecule has 3 heteroatoms. The van der Waals surface area contributed by atoms with Gasteiger partial charge in [-0.05, 0) is 64.2 Å². The van der Waals surface area contributed by atoms with E-state index in [0.717, 1.165) is 71.4 Å². The summed E-state index contributed by atoms with van der Waals surface area (Å²) >= 11 is 0. The molecule has 3 aromatic heterocycles. The molecule has 0 aliphatic heterocycles. The molecule has 0 saturated carbocycles. The van der Waals surface area contributed by atoms with Crippen molar-refractivity contribution in [2.75, 3.05) is 0 Å². The molecule has 55 heavy (non-hydrogen) atoms. The molecule has 0 fully saturated rings. The summed E-state index contributed by atoms with van der Waals surface area (Å²) in [6.45, 7) is 0. The van der Waals surface area contributed by atoms with Gasteiger partial charge in [-0.25, -0.2) is 9.97 Å². The fourth-order valence-corrected chi connectivity index (χ4v) is 9.03. The Bertz CT molecular complexity index is 3450. The number of para-hydroxylation sites is 3. The Morgan fingerprint density at radius 1 is 0.327 bits per heavy atom. The van der Waals surface area contributed by atoms with Gasteiger partial charge in [0.1, 0.15) is 0 Å². The van der Waals surface area contributed by atoms with E-state index >= 15 is 0 Å². The first-order chi connectivity index (χ1) is 27.3. The van der Waals surface area contributed by atoms with Crippen molar-refractivity contribution in [1.29, 1.82) is 0 Å². The highest BCUT2D eigenvalue weighted by Gasteiger charge is 2.20. The van der Waals surface area contributed by atoms with Gasteiger partial charge in [-0.1, -0.05) is 146 Å². The van der Waals surface area contributed by atoms with Crippen LogP contribution in [0.2, 0.25) is 0 Å². The van der Waals surface area contributed by atoms with Crippen molar-refractivity contribution in [1.82, 2.24) is 14.5 Å². The molecule has 0 radical (unpaired) electrons. The van der Waals surface area contributed by atoms with Gasteiger partial charge in [-0.15, -0.1) is 0 Å². The van der Waals surface area contributed by atoms with Crippen molar-refractivity contribution in [3.8, 4) is 28.1 Å². The maximum atomic E-state index is 5.45. The fourth-order valence-electron chi connectivity index (χ4n) is 9.03. The molecule has 3 heterocycles. The molecule has 0 aliphatic carbocycles. The lowest BCUT2D eigenvalue weighted by atomic mass is 9.91. The molecule has 0 aliphatic rings. The average Bonchev–Trinajstić information content (AvgIpc) is 3.58. The minimum atomic E-state index is 0.979. The first kappa shape index (κ1) is 30.1. The van der Waals surface area contributed by atoms with Gasteiger partial charge in [-0.2, -0.15) is 0 Å². The van der Waals surface area contributed by atoms with E-state index in [1.165, 1.54) is 43.5 Å². The van der Waals surface area contributed by atoms with Crippen LogP contribution in [-0.4, -0.2) is 14.5 Å². The van der Waals surface area contributed by atoms with Gasteiger partial charge in [0.05, 0.1) is 33.3 Å². The monoisotopic (exact) mass is 697 g/mol. The van der Waals surface area contributed by atoms with E-state index < -0.39 is 0 Å². The van der Waals surface area contributed by atoms with E-state index in [9.17, 15) is 0 Å². The van der Waals surface area contributed by atoms with Crippen LogP contribution in [-0.2, 0) is 0 Å². The van der Waals surface area contributed by atoms with E-state index in [0.29, 0.717) is 0 Å². The Labute approximate surface area is 316 Å². The summed E-state index contributed by atoms with van der Waals surface area (Å²) in [5, 5.41) is 12.9. The van der Waals surface area contributed by atoms with E-state index in [2.05, 4.69) is 193 Å². The molecule has 3 nitrogen and oxygen atoms in total. The molecule has 0 atom stereocenters. The SMILES string of the molecule is c1ccc(-n2c3ccccc3c3cc4c(-c5cccc(-c6c7ccc8ccccc8c7nc7c6ccc6ccccc67)c5)nc5ccccc5c4cc32)cc1. The normalized spacial score (nSPS) is 12.0. The van der Waals surface area contributed by atoms with Crippen molar-refractivity contribution in [3.05, 3.63) is 188 Å². The predicted octanol–water partition coefficient (Wildman–Crippen LogP) is 13.8. The molecule has 254 valence electrons. The Morgan fingerprint density at radius 3 is 1.69 bits per heavy atom. The first-order valence-electron chi connectivity index (χ1n) is 18.8. The zero-order valence-corrected chi connectivity index (χ0v) is 29.7. The second kappa shape index (κ2) is 11.6. The number of hydrogen-bond donors (Lipinski definition) is 0. The number of benzene rings is 9. The molecule has 12 aromatic rings. The third kappa shape index (κ3) is 4.44. The van der Waals surface area contributed by atoms with Gasteiger partial charge in [0.15, 0.2) is 0 Å². The molecular weight excluding hydrogens is 667 g/mol. The van der Waals surface area contributed by atoms with Gasteiger partial charge in [-0.3, -0.25) is 0 Å². The number of fused-ring (bicyclic) bond motifs is 12. The standard InChI is InChI=1S/C52H31N3/c1-2-17-36(18-3-1)55-47-24-11-9-22-40(47)44-30-45-43(31-48(44)55)39-21-8-10-23-46(39)53-50(45)35-16-12-15-34(29-35)49-41-27-25-32-13-4-6-19-37(32)51(41)54-52-38-20-7-5-14-33(38)26-28-42(49)52/h1-31H. The Hall–Kier alpha value is -7.36. The lowest BCUT2D eigenvalue weighted by molar-refractivity contribution is 1.18. The van der Waals surface area contributed by atoms with Crippen LogP contribution in [0.4, 0.5) is 0 Å². The molecule has 0 bridgehead atoms. The average molecular weight is 698 g/mol. The van der Waals surface area contributed by atoms with Crippen LogP contribution in [0.5, 0.6) is 0 Å². The second-order valence-electron chi connectivity index (χ2n) is 14.5. The van der Waals surface area contributed by atoms with Gasteiger partial charge in [0, 0.05) is 59.9 Å². The van der Waals surface area contributed by atoms with Crippen molar-refractivity contribution in [3.63, 3.8) is 0 Å². The van der Waals surface area contributed by atoms with Gasteiger partial charge in [0.25, 0.3) is 0 Å². The molecule has 12 rings (SSSR count). The largest absolute Gasteiger partial charge is 0.309 e. The van der Waals surface area contributed by atoms with Crippen LogP contribution in [0.15, 0.2) is 188 Å². The molecular formula is C52H31N3. The Balaban J connectivity index is 1.17. The number of pyridine rings is 2. The minimum Gasteiger partial charge on any atom is -0.309 e. The number of nitrogens with zero attached hydrogens (tertiary/aromatic N) is 3. The summed E-state index contributed by atoms with van der Waals surface area (Å²) in [7, 11) is 0. The first-order valence-corrected chi connectivity index (χ1v) is 18.8. The lowest BCUT2D eigenvalue weighted by Crippen LogP contribution is -1.95. The van der Waals surface area contributed by atoms with Crippen molar-refractivity contribution < 1.29 is 0 Å². The van der Waals surface area contributed by atoms with Crippen LogP contribution in [0.1, 0.15) is 0 Å². The fraction of sp³-hybridized carbons (Fsp3) is 0. The van der Waals surface area contributed by atoms with Crippen LogP contribution in [0.25, 0.3) is 115 Å². The van der Waals surface area contributed by atoms with Crippen LogP contribution in [0.3, 0.4) is 0 Å². The maximum absolute atomic E-state index is 5.45. The molecule has 0 N–H and O–H groups in total. The molecule has 9 aromatic carbocycles. The summed E-state index contributed by atoms with van der Waals surface area (Å²) < 4.78 is 2.40. The van der Waals surface area contributed by atoms with Gasteiger partial charge < -0.3 is 4.57 Å². The summed E-state index contributed by atoms with van der Waals surface area (Å²) in [6.07, 6.45) is 0. The molecule has 0 saturated heterocycles.